The zero-order valence-electron chi connectivity index (χ0n) is 8.18. The third-order valence-corrected chi connectivity index (χ3v) is 3.68. The third kappa shape index (κ3) is 1.20. The highest BCUT2D eigenvalue weighted by Crippen LogP contribution is 2.34. The van der Waals surface area contributed by atoms with Gasteiger partial charge in [-0.15, -0.1) is 11.3 Å². The van der Waals surface area contributed by atoms with Crippen LogP contribution in [0, 0.1) is 0 Å². The monoisotopic (exact) mass is 229 g/mol. The van der Waals surface area contributed by atoms with E-state index in [0.717, 1.165) is 20.3 Å². The molecule has 1 N–H and O–H groups in total. The van der Waals surface area contributed by atoms with Gasteiger partial charge in [0.2, 0.25) is 0 Å². The number of fused-ring (bicyclic) bond motifs is 3. The Labute approximate surface area is 95.0 Å². The van der Waals surface area contributed by atoms with E-state index in [4.69, 9.17) is 5.11 Å². The molecule has 16 heavy (non-hydrogen) atoms. The molecule has 3 rings (SSSR count). The molecular weight excluding hydrogens is 222 g/mol. The van der Waals surface area contributed by atoms with Crippen molar-refractivity contribution in [3.05, 3.63) is 42.1 Å². The van der Waals surface area contributed by atoms with Crippen molar-refractivity contribution in [2.45, 2.75) is 0 Å². The lowest BCUT2D eigenvalue weighted by molar-refractivity contribution is 0.0699. The van der Waals surface area contributed by atoms with E-state index in [1.807, 2.05) is 24.3 Å². The molecule has 0 saturated carbocycles. The van der Waals surface area contributed by atoms with Gasteiger partial charge in [0.25, 0.3) is 0 Å². The summed E-state index contributed by atoms with van der Waals surface area (Å²) in [5, 5.41) is 10.1. The minimum atomic E-state index is -0.904. The van der Waals surface area contributed by atoms with Gasteiger partial charge in [-0.2, -0.15) is 0 Å². The van der Waals surface area contributed by atoms with Crippen LogP contribution in [-0.4, -0.2) is 16.1 Å². The maximum atomic E-state index is 11.1. The van der Waals surface area contributed by atoms with Gasteiger partial charge >= 0.3 is 5.97 Å². The number of carbonyl (C=O) groups is 1. The van der Waals surface area contributed by atoms with Crippen LogP contribution in [0.25, 0.3) is 20.3 Å². The molecule has 78 valence electrons. The van der Waals surface area contributed by atoms with Crippen LogP contribution in [0.15, 0.2) is 36.5 Å². The summed E-state index contributed by atoms with van der Waals surface area (Å²) in [6.07, 6.45) is 1.55. The van der Waals surface area contributed by atoms with E-state index in [1.54, 1.807) is 12.3 Å². The van der Waals surface area contributed by atoms with Crippen LogP contribution in [0.4, 0.5) is 0 Å². The van der Waals surface area contributed by atoms with E-state index >= 15 is 0 Å². The predicted octanol–water partition coefficient (Wildman–Crippen LogP) is 3.15. The van der Waals surface area contributed by atoms with Crippen molar-refractivity contribution in [1.29, 1.82) is 0 Å². The van der Waals surface area contributed by atoms with Crippen LogP contribution in [0.3, 0.4) is 0 Å². The van der Waals surface area contributed by atoms with Crippen molar-refractivity contribution in [2.24, 2.45) is 0 Å². The Bertz CT molecular complexity index is 702. The molecule has 3 aromatic rings. The lowest BCUT2D eigenvalue weighted by Gasteiger charge is -1.94. The van der Waals surface area contributed by atoms with Gasteiger partial charge in [0.1, 0.15) is 0 Å². The summed E-state index contributed by atoms with van der Waals surface area (Å²) in [7, 11) is 0. The number of hydrogen-bond acceptors (Lipinski definition) is 3. The number of pyridine rings is 1. The molecule has 0 atom stereocenters. The molecule has 2 heterocycles. The van der Waals surface area contributed by atoms with Crippen LogP contribution in [0.5, 0.6) is 0 Å². The molecule has 0 aliphatic carbocycles. The Morgan fingerprint density at radius 2 is 2.06 bits per heavy atom. The first-order chi connectivity index (χ1) is 7.77. The van der Waals surface area contributed by atoms with Gasteiger partial charge in [0, 0.05) is 16.3 Å². The number of hydrogen-bond donors (Lipinski definition) is 1. The summed E-state index contributed by atoms with van der Waals surface area (Å²) >= 11 is 1.47. The number of aromatic nitrogens is 1. The fourth-order valence-corrected chi connectivity index (χ4v) is 2.94. The SMILES string of the molecule is O=C(O)c1ccnc2c1sc1ccccc12. The van der Waals surface area contributed by atoms with Crippen LogP contribution >= 0.6 is 11.3 Å². The summed E-state index contributed by atoms with van der Waals surface area (Å²) in [6.45, 7) is 0. The molecule has 0 bridgehead atoms. The van der Waals surface area contributed by atoms with Crippen molar-refractivity contribution in [1.82, 2.24) is 4.98 Å². The Hall–Kier alpha value is -1.94. The highest BCUT2D eigenvalue weighted by atomic mass is 32.1. The second-order valence-corrected chi connectivity index (χ2v) is 4.49. The van der Waals surface area contributed by atoms with Gasteiger partial charge in [0.05, 0.1) is 15.8 Å². The van der Waals surface area contributed by atoms with Gasteiger partial charge in [-0.05, 0) is 12.1 Å². The Morgan fingerprint density at radius 3 is 2.88 bits per heavy atom. The lowest BCUT2D eigenvalue weighted by Crippen LogP contribution is -1.96. The molecule has 0 unspecified atom stereocenters. The number of nitrogens with zero attached hydrogens (tertiary/aromatic N) is 1. The zero-order valence-corrected chi connectivity index (χ0v) is 8.99. The molecule has 3 nitrogen and oxygen atoms in total. The predicted molar refractivity (Wildman–Crippen MR) is 64.1 cm³/mol. The summed E-state index contributed by atoms with van der Waals surface area (Å²) in [6, 6.07) is 9.36. The average molecular weight is 229 g/mol. The highest BCUT2D eigenvalue weighted by Gasteiger charge is 2.13. The highest BCUT2D eigenvalue weighted by molar-refractivity contribution is 7.26. The quantitative estimate of drug-likeness (QED) is 0.697. The fraction of sp³-hybridized carbons (Fsp3) is 0. The second kappa shape index (κ2) is 3.28. The first-order valence-corrected chi connectivity index (χ1v) is 5.58. The molecule has 0 aliphatic heterocycles. The summed E-state index contributed by atoms with van der Waals surface area (Å²) in [4.78, 5) is 15.3. The van der Waals surface area contributed by atoms with Crippen LogP contribution in [-0.2, 0) is 0 Å². The van der Waals surface area contributed by atoms with E-state index in [1.165, 1.54) is 11.3 Å². The lowest BCUT2D eigenvalue weighted by atomic mass is 10.2. The summed E-state index contributed by atoms with van der Waals surface area (Å²) in [5.74, 6) is -0.904. The van der Waals surface area contributed by atoms with E-state index in [2.05, 4.69) is 4.98 Å². The fourth-order valence-electron chi connectivity index (χ4n) is 1.77. The van der Waals surface area contributed by atoms with E-state index in [9.17, 15) is 4.79 Å². The largest absolute Gasteiger partial charge is 0.478 e. The van der Waals surface area contributed by atoms with Crippen LogP contribution in [0.1, 0.15) is 10.4 Å². The average Bonchev–Trinajstić information content (AvgIpc) is 2.67. The van der Waals surface area contributed by atoms with Crippen molar-refractivity contribution in [3.63, 3.8) is 0 Å². The number of aromatic carboxylic acids is 1. The smallest absolute Gasteiger partial charge is 0.337 e. The Morgan fingerprint density at radius 1 is 1.25 bits per heavy atom. The van der Waals surface area contributed by atoms with E-state index < -0.39 is 5.97 Å². The molecule has 0 amide bonds. The molecule has 0 aliphatic rings. The van der Waals surface area contributed by atoms with Gasteiger partial charge < -0.3 is 5.11 Å². The topological polar surface area (TPSA) is 50.2 Å². The number of benzene rings is 1. The third-order valence-electron chi connectivity index (χ3n) is 2.49. The number of carboxylic acid groups (broad SMARTS) is 1. The van der Waals surface area contributed by atoms with Gasteiger partial charge in [-0.25, -0.2) is 4.79 Å². The molecular formula is C12H7NO2S. The minimum absolute atomic E-state index is 0.325. The Balaban J connectivity index is 2.54. The van der Waals surface area contributed by atoms with Crippen LogP contribution < -0.4 is 0 Å². The van der Waals surface area contributed by atoms with Crippen molar-refractivity contribution in [3.8, 4) is 0 Å². The molecule has 4 heteroatoms. The summed E-state index contributed by atoms with van der Waals surface area (Å²) < 4.78 is 1.81. The van der Waals surface area contributed by atoms with Crippen LogP contribution in [0.2, 0.25) is 0 Å². The number of carboxylic acids is 1. The normalized spacial score (nSPS) is 11.0. The van der Waals surface area contributed by atoms with Crippen molar-refractivity contribution >= 4 is 37.6 Å². The zero-order chi connectivity index (χ0) is 11.1. The molecule has 0 saturated heterocycles. The minimum Gasteiger partial charge on any atom is -0.478 e. The molecule has 2 aromatic heterocycles. The standard InChI is InChI=1S/C12H7NO2S/c14-12(15)8-5-6-13-10-7-3-1-2-4-9(7)16-11(8)10/h1-6H,(H,14,15). The van der Waals surface area contributed by atoms with Gasteiger partial charge in [-0.3, -0.25) is 4.98 Å². The number of rotatable bonds is 1. The van der Waals surface area contributed by atoms with Gasteiger partial charge in [0.15, 0.2) is 0 Å². The first-order valence-electron chi connectivity index (χ1n) is 4.77. The van der Waals surface area contributed by atoms with E-state index in [-0.39, 0.29) is 0 Å². The number of thiophene rings is 1. The van der Waals surface area contributed by atoms with Crippen molar-refractivity contribution < 1.29 is 9.90 Å². The second-order valence-electron chi connectivity index (χ2n) is 3.44. The van der Waals surface area contributed by atoms with Crippen molar-refractivity contribution in [2.75, 3.05) is 0 Å². The molecule has 0 fully saturated rings. The van der Waals surface area contributed by atoms with E-state index in [0.29, 0.717) is 5.56 Å². The molecule has 0 spiro atoms. The Kier molecular flexibility index (Phi) is 1.91. The maximum Gasteiger partial charge on any atom is 0.337 e. The molecule has 1 aromatic carbocycles. The van der Waals surface area contributed by atoms with Gasteiger partial charge in [-0.1, -0.05) is 18.2 Å². The summed E-state index contributed by atoms with van der Waals surface area (Å²) in [5.41, 5.74) is 1.10. The maximum absolute atomic E-state index is 11.1. The first kappa shape index (κ1) is 9.30. The molecule has 0 radical (unpaired) electrons.